The van der Waals surface area contributed by atoms with E-state index in [1.54, 1.807) is 0 Å². The normalized spacial score (nSPS) is 17.7. The summed E-state index contributed by atoms with van der Waals surface area (Å²) in [4.78, 5) is 13.2. The molecular weight excluding hydrogens is 1150 g/mol. The van der Waals surface area contributed by atoms with Crippen LogP contribution in [-0.2, 0) is 14.3 Å². The number of carbonyl (C=O) groups is 1. The summed E-state index contributed by atoms with van der Waals surface area (Å²) in [7, 11) is 0. The number of aliphatic hydroxyl groups is 5. The molecule has 1 saturated heterocycles. The molecule has 1 amide bonds. The minimum Gasteiger partial charge on any atom is -0.394 e. The monoisotopic (exact) mass is 1310 g/mol. The molecule has 0 aromatic carbocycles. The van der Waals surface area contributed by atoms with Gasteiger partial charge in [0.15, 0.2) is 6.29 Å². The van der Waals surface area contributed by atoms with Crippen LogP contribution < -0.4 is 5.32 Å². The van der Waals surface area contributed by atoms with Gasteiger partial charge in [-0.2, -0.15) is 0 Å². The van der Waals surface area contributed by atoms with E-state index in [1.807, 2.05) is 0 Å². The second-order valence-electron chi connectivity index (χ2n) is 29.3. The molecule has 93 heavy (non-hydrogen) atoms. The van der Waals surface area contributed by atoms with Gasteiger partial charge in [-0.05, 0) is 51.4 Å². The number of aliphatic hydroxyl groups excluding tert-OH is 5. The molecule has 550 valence electrons. The van der Waals surface area contributed by atoms with Crippen LogP contribution in [0.3, 0.4) is 0 Å². The zero-order valence-electron chi connectivity index (χ0n) is 62.0. The smallest absolute Gasteiger partial charge is 0.220 e. The van der Waals surface area contributed by atoms with Gasteiger partial charge in [0.05, 0.1) is 25.4 Å². The predicted molar refractivity (Wildman–Crippen MR) is 401 cm³/mol. The van der Waals surface area contributed by atoms with Crippen molar-refractivity contribution in [3.8, 4) is 0 Å². The van der Waals surface area contributed by atoms with Crippen molar-refractivity contribution in [3.63, 3.8) is 0 Å². The molecule has 7 atom stereocenters. The third-order valence-corrected chi connectivity index (χ3v) is 20.2. The molecule has 0 aromatic heterocycles. The molecule has 6 N–H and O–H groups in total. The molecule has 1 fully saturated rings. The summed E-state index contributed by atoms with van der Waals surface area (Å²) in [6.45, 7) is 3.89. The lowest BCUT2D eigenvalue weighted by molar-refractivity contribution is -0.302. The molecule has 1 aliphatic rings. The Hall–Kier alpha value is -1.59. The van der Waals surface area contributed by atoms with Crippen LogP contribution in [0.2, 0.25) is 0 Å². The van der Waals surface area contributed by atoms with Gasteiger partial charge in [-0.3, -0.25) is 4.79 Å². The Morgan fingerprint density at radius 2 is 0.634 bits per heavy atom. The number of rotatable bonds is 75. The van der Waals surface area contributed by atoms with Gasteiger partial charge in [0, 0.05) is 6.42 Å². The first-order chi connectivity index (χ1) is 45.8. The Morgan fingerprint density at radius 3 is 0.935 bits per heavy atom. The van der Waals surface area contributed by atoms with Crippen LogP contribution in [0.25, 0.3) is 0 Å². The molecule has 9 heteroatoms. The van der Waals surface area contributed by atoms with E-state index in [-0.39, 0.29) is 12.5 Å². The molecule has 0 bridgehead atoms. The van der Waals surface area contributed by atoms with Crippen molar-refractivity contribution in [2.75, 3.05) is 13.2 Å². The van der Waals surface area contributed by atoms with Crippen molar-refractivity contribution in [1.82, 2.24) is 5.32 Å². The number of amides is 1. The van der Waals surface area contributed by atoms with Crippen LogP contribution in [0.4, 0.5) is 0 Å². The summed E-state index contributed by atoms with van der Waals surface area (Å²) in [6, 6.07) is -0.719. The summed E-state index contributed by atoms with van der Waals surface area (Å²) in [6.07, 6.45) is 92.7. The number of nitrogens with one attached hydrogen (secondary N) is 1. The number of ether oxygens (including phenoxy) is 2. The molecule has 0 radical (unpaired) electrons. The molecule has 0 aliphatic carbocycles. The zero-order chi connectivity index (χ0) is 67.1. The van der Waals surface area contributed by atoms with Crippen molar-refractivity contribution in [2.45, 2.75) is 480 Å². The summed E-state index contributed by atoms with van der Waals surface area (Å²) < 4.78 is 11.4. The van der Waals surface area contributed by atoms with Crippen molar-refractivity contribution in [1.29, 1.82) is 0 Å². The maximum Gasteiger partial charge on any atom is 0.220 e. The maximum absolute atomic E-state index is 13.2. The van der Waals surface area contributed by atoms with E-state index < -0.39 is 49.5 Å². The van der Waals surface area contributed by atoms with Crippen LogP contribution in [0.5, 0.6) is 0 Å². The number of carbonyl (C=O) groups excluding carboxylic acids is 1. The standard InChI is InChI=1S/C84H161NO8/c1-3-5-7-9-11-13-15-17-19-21-23-25-27-29-31-33-34-35-36-37-38-39-40-41-42-43-44-46-48-50-52-54-56-58-60-62-64-66-68-70-72-74-80(88)85-77(76-92-84-83(91)82(90)81(89)79(75-86)93-84)78(87)73-71-69-67-65-63-61-59-57-55-53-51-49-47-45-32-30-28-26-24-22-20-18-16-14-12-10-8-6-4-2/h15,17,21,23,27,29,77-79,81-84,86-87,89-91H,3-14,16,18-20,22,24-26,28,30-76H2,1-2H3,(H,85,88)/b17-15-,23-21-,29-27-. The Balaban J connectivity index is 2.02. The summed E-state index contributed by atoms with van der Waals surface area (Å²) >= 11 is 0. The fourth-order valence-electron chi connectivity index (χ4n) is 13.8. The van der Waals surface area contributed by atoms with Crippen LogP contribution >= 0.6 is 0 Å². The Labute approximate surface area is 578 Å². The van der Waals surface area contributed by atoms with Gasteiger partial charge in [-0.1, -0.05) is 416 Å². The van der Waals surface area contributed by atoms with Gasteiger partial charge in [0.1, 0.15) is 24.4 Å². The minimum absolute atomic E-state index is 0.132. The molecule has 0 aromatic rings. The highest BCUT2D eigenvalue weighted by atomic mass is 16.7. The minimum atomic E-state index is -1.55. The quantitative estimate of drug-likeness (QED) is 0.0261. The van der Waals surface area contributed by atoms with E-state index >= 15 is 0 Å². The highest BCUT2D eigenvalue weighted by Crippen LogP contribution is 2.24. The third kappa shape index (κ3) is 61.3. The lowest BCUT2D eigenvalue weighted by atomic mass is 9.99. The number of hydrogen-bond donors (Lipinski definition) is 6. The van der Waals surface area contributed by atoms with Crippen molar-refractivity contribution in [3.05, 3.63) is 36.5 Å². The Kier molecular flexibility index (Phi) is 70.3. The van der Waals surface area contributed by atoms with Gasteiger partial charge in [-0.15, -0.1) is 0 Å². The van der Waals surface area contributed by atoms with Crippen LogP contribution in [0, 0.1) is 0 Å². The van der Waals surface area contributed by atoms with E-state index in [0.717, 1.165) is 51.4 Å². The molecule has 7 unspecified atom stereocenters. The molecule has 0 saturated carbocycles. The zero-order valence-corrected chi connectivity index (χ0v) is 62.0. The Bertz CT molecular complexity index is 1570. The molecule has 9 nitrogen and oxygen atoms in total. The van der Waals surface area contributed by atoms with Crippen molar-refractivity contribution >= 4 is 5.91 Å². The SMILES string of the molecule is CCCCCCC/C=C\C/C=C\C/C=C\CCCCCCCCCCCCCCCCCCCCCCCCCCCCC(=O)NC(COC1OC(CO)C(O)C(O)C1O)C(O)CCCCCCCCCCCCCCCCCCCCCCCCCCCCCCC. The van der Waals surface area contributed by atoms with E-state index in [2.05, 4.69) is 55.6 Å². The molecular formula is C84H161NO8. The second-order valence-corrected chi connectivity index (χ2v) is 29.3. The maximum atomic E-state index is 13.2. The highest BCUT2D eigenvalue weighted by Gasteiger charge is 2.44. The average Bonchev–Trinajstić information content (AvgIpc) is 1.00. The van der Waals surface area contributed by atoms with Crippen LogP contribution in [0.15, 0.2) is 36.5 Å². The van der Waals surface area contributed by atoms with Gasteiger partial charge in [0.2, 0.25) is 5.91 Å². The average molecular weight is 1310 g/mol. The van der Waals surface area contributed by atoms with Gasteiger partial charge in [-0.25, -0.2) is 0 Å². The predicted octanol–water partition coefficient (Wildman–Crippen LogP) is 24.1. The van der Waals surface area contributed by atoms with Crippen LogP contribution in [0.1, 0.15) is 438 Å². The molecule has 1 rings (SSSR count). The summed E-state index contributed by atoms with van der Waals surface area (Å²) in [5.41, 5.74) is 0. The first-order valence-electron chi connectivity index (χ1n) is 41.7. The highest BCUT2D eigenvalue weighted by molar-refractivity contribution is 5.76. The van der Waals surface area contributed by atoms with Crippen molar-refractivity contribution < 1.29 is 39.8 Å². The lowest BCUT2D eigenvalue weighted by Gasteiger charge is -2.40. The number of hydrogen-bond acceptors (Lipinski definition) is 8. The fraction of sp³-hybridized carbons (Fsp3) is 0.917. The molecule has 1 heterocycles. The first-order valence-corrected chi connectivity index (χ1v) is 41.7. The van der Waals surface area contributed by atoms with Crippen molar-refractivity contribution in [2.24, 2.45) is 0 Å². The lowest BCUT2D eigenvalue weighted by Crippen LogP contribution is -2.60. The number of allylic oxidation sites excluding steroid dienone is 6. The fourth-order valence-corrected chi connectivity index (χ4v) is 13.8. The largest absolute Gasteiger partial charge is 0.394 e. The van der Waals surface area contributed by atoms with E-state index in [0.29, 0.717) is 12.8 Å². The van der Waals surface area contributed by atoms with Gasteiger partial charge >= 0.3 is 0 Å². The first kappa shape index (κ1) is 89.4. The second kappa shape index (κ2) is 73.1. The van der Waals surface area contributed by atoms with E-state index in [9.17, 15) is 30.3 Å². The molecule has 0 spiro atoms. The topological polar surface area (TPSA) is 149 Å². The molecule has 1 aliphatic heterocycles. The van der Waals surface area contributed by atoms with E-state index in [1.165, 1.54) is 360 Å². The Morgan fingerprint density at radius 1 is 0.366 bits per heavy atom. The third-order valence-electron chi connectivity index (χ3n) is 20.2. The number of unbranched alkanes of at least 4 members (excludes halogenated alkanes) is 59. The van der Waals surface area contributed by atoms with Gasteiger partial charge < -0.3 is 40.3 Å². The summed E-state index contributed by atoms with van der Waals surface area (Å²) in [5.74, 6) is -0.133. The van der Waals surface area contributed by atoms with E-state index in [4.69, 9.17) is 9.47 Å². The van der Waals surface area contributed by atoms with Gasteiger partial charge in [0.25, 0.3) is 0 Å². The van der Waals surface area contributed by atoms with Crippen LogP contribution in [-0.4, -0.2) is 87.5 Å². The summed E-state index contributed by atoms with van der Waals surface area (Å²) in [5, 5.41) is 55.1.